The fraction of sp³-hybridized carbons (Fsp3) is 0.458. The van der Waals surface area contributed by atoms with Gasteiger partial charge in [0.15, 0.2) is 5.82 Å². The molecular formula is C24H28ClN9O. The lowest BCUT2D eigenvalue weighted by Crippen LogP contribution is -2.37. The second-order valence-corrected chi connectivity index (χ2v) is 9.67. The summed E-state index contributed by atoms with van der Waals surface area (Å²) in [7, 11) is 0. The van der Waals surface area contributed by atoms with E-state index >= 15 is 0 Å². The van der Waals surface area contributed by atoms with Crippen molar-refractivity contribution in [2.75, 3.05) is 23.3 Å². The van der Waals surface area contributed by atoms with Crippen molar-refractivity contribution in [3.63, 3.8) is 0 Å². The van der Waals surface area contributed by atoms with Crippen molar-refractivity contribution in [3.8, 4) is 6.07 Å². The minimum absolute atomic E-state index is 0.00904. The maximum Gasteiger partial charge on any atom is 0.262 e. The number of hydrogen-bond acceptors (Lipinski definition) is 9. The second-order valence-electron chi connectivity index (χ2n) is 9.26. The molecule has 0 radical (unpaired) electrons. The normalized spacial score (nSPS) is 16.6. The molecule has 35 heavy (non-hydrogen) atoms. The van der Waals surface area contributed by atoms with Crippen LogP contribution < -0.4 is 27.7 Å². The van der Waals surface area contributed by atoms with Crippen molar-refractivity contribution in [2.24, 2.45) is 5.92 Å². The maximum absolute atomic E-state index is 13.7. The van der Waals surface area contributed by atoms with Gasteiger partial charge in [-0.2, -0.15) is 15.2 Å². The van der Waals surface area contributed by atoms with Gasteiger partial charge in [0.25, 0.3) is 5.56 Å². The van der Waals surface area contributed by atoms with Gasteiger partial charge in [0.05, 0.1) is 22.0 Å². The molecule has 0 amide bonds. The van der Waals surface area contributed by atoms with Crippen LogP contribution in [0.5, 0.6) is 0 Å². The van der Waals surface area contributed by atoms with Crippen molar-refractivity contribution >= 4 is 40.1 Å². The van der Waals surface area contributed by atoms with E-state index in [2.05, 4.69) is 26.7 Å². The minimum Gasteiger partial charge on any atom is -0.382 e. The lowest BCUT2D eigenvalue weighted by Gasteiger charge is -2.27. The first-order chi connectivity index (χ1) is 17.0. The molecule has 0 saturated heterocycles. The maximum atomic E-state index is 13.7. The summed E-state index contributed by atoms with van der Waals surface area (Å²) in [6, 6.07) is 7.56. The van der Waals surface area contributed by atoms with Gasteiger partial charge in [-0.05, 0) is 56.7 Å². The third-order valence-corrected chi connectivity index (χ3v) is 7.10. The summed E-state index contributed by atoms with van der Waals surface area (Å²) in [5.74, 6) is 1.04. The summed E-state index contributed by atoms with van der Waals surface area (Å²) in [4.78, 5) is 26.7. The molecule has 2 fully saturated rings. The SMILES string of the molecule is N#Cc1c(N)nc(N)nc1N[C@H](c1nc2cccc(Cl)c2c(=O)n1CCCNC1CCC1)C1CC1. The average molecular weight is 494 g/mol. The Kier molecular flexibility index (Phi) is 6.45. The molecule has 0 unspecified atom stereocenters. The first-order valence-electron chi connectivity index (χ1n) is 12.0. The van der Waals surface area contributed by atoms with Gasteiger partial charge in [0, 0.05) is 12.6 Å². The van der Waals surface area contributed by atoms with Crippen molar-refractivity contribution in [1.29, 1.82) is 5.26 Å². The zero-order valence-electron chi connectivity index (χ0n) is 19.3. The Labute approximate surface area is 207 Å². The van der Waals surface area contributed by atoms with Crippen molar-refractivity contribution in [2.45, 2.75) is 57.2 Å². The predicted octanol–water partition coefficient (Wildman–Crippen LogP) is 2.97. The number of anilines is 3. The molecule has 2 heterocycles. The molecule has 2 saturated carbocycles. The number of nitriles is 1. The van der Waals surface area contributed by atoms with Crippen LogP contribution in [0.2, 0.25) is 5.02 Å². The highest BCUT2D eigenvalue weighted by atomic mass is 35.5. The topological polar surface area (TPSA) is 161 Å². The largest absolute Gasteiger partial charge is 0.382 e. The Hall–Kier alpha value is -3.42. The van der Waals surface area contributed by atoms with Gasteiger partial charge in [-0.1, -0.05) is 24.1 Å². The highest BCUT2D eigenvalue weighted by molar-refractivity contribution is 6.35. The molecule has 1 aromatic carbocycles. The number of benzene rings is 1. The fourth-order valence-electron chi connectivity index (χ4n) is 4.53. The number of halogens is 1. The summed E-state index contributed by atoms with van der Waals surface area (Å²) < 4.78 is 1.71. The molecular weight excluding hydrogens is 466 g/mol. The molecule has 5 rings (SSSR count). The van der Waals surface area contributed by atoms with Gasteiger partial charge < -0.3 is 22.1 Å². The van der Waals surface area contributed by atoms with Crippen LogP contribution in [0.15, 0.2) is 23.0 Å². The number of nitrogens with one attached hydrogen (secondary N) is 2. The Morgan fingerprint density at radius 1 is 1.20 bits per heavy atom. The third kappa shape index (κ3) is 4.74. The van der Waals surface area contributed by atoms with E-state index in [0.29, 0.717) is 34.3 Å². The molecule has 2 aliphatic carbocycles. The number of rotatable bonds is 9. The summed E-state index contributed by atoms with van der Waals surface area (Å²) >= 11 is 6.41. The van der Waals surface area contributed by atoms with Crippen LogP contribution in [0.1, 0.15) is 56.0 Å². The van der Waals surface area contributed by atoms with Gasteiger partial charge in [0.2, 0.25) is 5.95 Å². The first kappa shape index (κ1) is 23.3. The van der Waals surface area contributed by atoms with E-state index in [1.807, 2.05) is 0 Å². The fourth-order valence-corrected chi connectivity index (χ4v) is 4.78. The molecule has 3 aromatic rings. The highest BCUT2D eigenvalue weighted by Crippen LogP contribution is 2.43. The molecule has 6 N–H and O–H groups in total. The van der Waals surface area contributed by atoms with Crippen molar-refractivity contribution < 1.29 is 0 Å². The van der Waals surface area contributed by atoms with Gasteiger partial charge >= 0.3 is 0 Å². The Morgan fingerprint density at radius 3 is 2.69 bits per heavy atom. The van der Waals surface area contributed by atoms with E-state index in [1.165, 1.54) is 19.3 Å². The smallest absolute Gasteiger partial charge is 0.262 e. The van der Waals surface area contributed by atoms with E-state index in [9.17, 15) is 10.1 Å². The highest BCUT2D eigenvalue weighted by Gasteiger charge is 2.37. The van der Waals surface area contributed by atoms with E-state index in [1.54, 1.807) is 22.8 Å². The van der Waals surface area contributed by atoms with Gasteiger partial charge in [-0.3, -0.25) is 9.36 Å². The van der Waals surface area contributed by atoms with E-state index < -0.39 is 0 Å². The molecule has 0 aliphatic heterocycles. The molecule has 11 heteroatoms. The molecule has 2 aromatic heterocycles. The van der Waals surface area contributed by atoms with Crippen LogP contribution in [0.25, 0.3) is 10.9 Å². The number of fused-ring (bicyclic) bond motifs is 1. The Morgan fingerprint density at radius 2 is 2.00 bits per heavy atom. The summed E-state index contributed by atoms with van der Waals surface area (Å²) in [5.41, 5.74) is 12.2. The number of nitrogens with two attached hydrogens (primary N) is 2. The third-order valence-electron chi connectivity index (χ3n) is 6.79. The van der Waals surface area contributed by atoms with Gasteiger partial charge in [-0.15, -0.1) is 0 Å². The van der Waals surface area contributed by atoms with Crippen LogP contribution in [-0.4, -0.2) is 32.1 Å². The molecule has 0 spiro atoms. The molecule has 182 valence electrons. The van der Waals surface area contributed by atoms with Crippen LogP contribution >= 0.6 is 11.6 Å². The monoisotopic (exact) mass is 493 g/mol. The molecule has 10 nitrogen and oxygen atoms in total. The van der Waals surface area contributed by atoms with Gasteiger partial charge in [-0.25, -0.2) is 4.98 Å². The number of nitrogens with zero attached hydrogens (tertiary/aromatic N) is 5. The Balaban J connectivity index is 1.55. The van der Waals surface area contributed by atoms with Crippen LogP contribution in [0.3, 0.4) is 0 Å². The summed E-state index contributed by atoms with van der Waals surface area (Å²) in [6.07, 6.45) is 6.38. The Bertz CT molecular complexity index is 1360. The molecule has 1 atom stereocenters. The van der Waals surface area contributed by atoms with Crippen LogP contribution in [-0.2, 0) is 6.54 Å². The second kappa shape index (κ2) is 9.68. The zero-order chi connectivity index (χ0) is 24.5. The first-order valence-corrected chi connectivity index (χ1v) is 12.4. The van der Waals surface area contributed by atoms with E-state index in [0.717, 1.165) is 25.8 Å². The standard InChI is InChI=1S/C24H28ClN9O/c25-16-6-2-7-17-18(16)23(35)34(11-3-10-29-14-4-1-5-14)22(30-17)19(13-8-9-13)31-21-15(12-26)20(27)32-24(28)33-21/h2,6-7,13-14,19,29H,1,3-5,8-11H2,(H5,27,28,31,32,33)/t19-/m0/s1. The molecule has 2 aliphatic rings. The van der Waals surface area contributed by atoms with E-state index in [4.69, 9.17) is 28.1 Å². The lowest BCUT2D eigenvalue weighted by atomic mass is 9.93. The van der Waals surface area contributed by atoms with Crippen molar-refractivity contribution in [3.05, 3.63) is 45.0 Å². The quantitative estimate of drug-likeness (QED) is 0.328. The molecule has 0 bridgehead atoms. The minimum atomic E-state index is -0.355. The summed E-state index contributed by atoms with van der Waals surface area (Å²) in [6.45, 7) is 1.31. The number of aromatic nitrogens is 4. The number of nitrogen functional groups attached to an aromatic ring is 2. The zero-order valence-corrected chi connectivity index (χ0v) is 20.1. The van der Waals surface area contributed by atoms with Crippen LogP contribution in [0.4, 0.5) is 17.6 Å². The lowest BCUT2D eigenvalue weighted by molar-refractivity contribution is 0.335. The average Bonchev–Trinajstić information content (AvgIpc) is 3.62. The van der Waals surface area contributed by atoms with Gasteiger partial charge in [0.1, 0.15) is 23.3 Å². The summed E-state index contributed by atoms with van der Waals surface area (Å²) in [5, 5.41) is 17.3. The van der Waals surface area contributed by atoms with Crippen molar-refractivity contribution in [1.82, 2.24) is 24.8 Å². The van der Waals surface area contributed by atoms with Crippen LogP contribution in [0, 0.1) is 17.2 Å². The van der Waals surface area contributed by atoms with E-state index in [-0.39, 0.29) is 40.7 Å². The number of hydrogen-bond donors (Lipinski definition) is 4. The predicted molar refractivity (Wildman–Crippen MR) is 136 cm³/mol.